The number of para-hydroxylation sites is 1. The number of ether oxygens (including phenoxy) is 1. The van der Waals surface area contributed by atoms with Gasteiger partial charge < -0.3 is 19.4 Å². The Hall–Kier alpha value is -2.37. The highest BCUT2D eigenvalue weighted by atomic mass is 16.5. The average Bonchev–Trinajstić information content (AvgIpc) is 2.87. The molecule has 5 heteroatoms. The summed E-state index contributed by atoms with van der Waals surface area (Å²) in [6.45, 7) is 7.76. The molecule has 182 valence electrons. The normalized spacial score (nSPS) is 23.8. The maximum Gasteiger partial charge on any atom is 0.256 e. The average molecular weight is 462 g/mol. The van der Waals surface area contributed by atoms with Crippen molar-refractivity contribution in [2.24, 2.45) is 0 Å². The maximum atomic E-state index is 13.5. The lowest BCUT2D eigenvalue weighted by molar-refractivity contribution is -0.133. The first-order valence-corrected chi connectivity index (χ1v) is 13.1. The number of likely N-dealkylation sites (N-methyl/N-ethyl adjacent to an activating group) is 1. The first-order chi connectivity index (χ1) is 16.5. The van der Waals surface area contributed by atoms with Gasteiger partial charge in [-0.25, -0.2) is 0 Å². The van der Waals surface area contributed by atoms with E-state index in [0.29, 0.717) is 19.6 Å². The molecule has 1 unspecified atom stereocenters. The molecule has 0 N–H and O–H groups in total. The van der Waals surface area contributed by atoms with Crippen molar-refractivity contribution in [2.45, 2.75) is 57.0 Å². The van der Waals surface area contributed by atoms with Crippen LogP contribution in [-0.2, 0) is 21.4 Å². The van der Waals surface area contributed by atoms with Crippen LogP contribution in [0, 0.1) is 0 Å². The highest BCUT2D eigenvalue weighted by Crippen LogP contribution is 2.39. The molecule has 1 amide bonds. The van der Waals surface area contributed by atoms with E-state index in [-0.39, 0.29) is 11.3 Å². The van der Waals surface area contributed by atoms with Crippen LogP contribution in [0.4, 0.5) is 11.4 Å². The molecule has 34 heavy (non-hydrogen) atoms. The number of hydrogen-bond donors (Lipinski definition) is 0. The van der Waals surface area contributed by atoms with Gasteiger partial charge in [0.2, 0.25) is 0 Å². The van der Waals surface area contributed by atoms with Gasteiger partial charge in [-0.1, -0.05) is 56.5 Å². The Morgan fingerprint density at radius 2 is 1.62 bits per heavy atom. The molecule has 0 bridgehead atoms. The fourth-order valence-corrected chi connectivity index (χ4v) is 5.95. The number of morpholine rings is 1. The molecule has 5 rings (SSSR count). The minimum absolute atomic E-state index is 0.0797. The number of piperazine rings is 1. The predicted molar refractivity (Wildman–Crippen MR) is 139 cm³/mol. The molecular weight excluding hydrogens is 422 g/mol. The van der Waals surface area contributed by atoms with Gasteiger partial charge in [-0.2, -0.15) is 0 Å². The monoisotopic (exact) mass is 461 g/mol. The number of carbonyl (C=O) groups excluding carboxylic acids is 1. The smallest absolute Gasteiger partial charge is 0.256 e. The van der Waals surface area contributed by atoms with Gasteiger partial charge in [-0.3, -0.25) is 4.79 Å². The highest BCUT2D eigenvalue weighted by Gasteiger charge is 2.33. The second-order valence-electron chi connectivity index (χ2n) is 10.6. The summed E-state index contributed by atoms with van der Waals surface area (Å²) in [6.07, 6.45) is 6.70. The number of nitrogens with zero attached hydrogens (tertiary/aromatic N) is 3. The van der Waals surface area contributed by atoms with E-state index in [0.717, 1.165) is 31.9 Å². The summed E-state index contributed by atoms with van der Waals surface area (Å²) < 4.78 is 6.02. The van der Waals surface area contributed by atoms with Crippen LogP contribution in [0.5, 0.6) is 0 Å². The van der Waals surface area contributed by atoms with Crippen molar-refractivity contribution >= 4 is 17.3 Å². The van der Waals surface area contributed by atoms with E-state index >= 15 is 0 Å². The van der Waals surface area contributed by atoms with Gasteiger partial charge in [0.15, 0.2) is 0 Å². The first-order valence-electron chi connectivity index (χ1n) is 13.1. The number of rotatable bonds is 5. The van der Waals surface area contributed by atoms with Gasteiger partial charge in [0, 0.05) is 50.5 Å². The van der Waals surface area contributed by atoms with E-state index in [4.69, 9.17) is 4.74 Å². The van der Waals surface area contributed by atoms with Gasteiger partial charge in [0.05, 0.1) is 6.61 Å². The van der Waals surface area contributed by atoms with E-state index in [1.165, 1.54) is 48.9 Å². The van der Waals surface area contributed by atoms with Gasteiger partial charge in [-0.05, 0) is 54.6 Å². The molecule has 2 saturated heterocycles. The number of hydrogen-bond acceptors (Lipinski definition) is 4. The summed E-state index contributed by atoms with van der Waals surface area (Å²) in [6, 6.07) is 17.3. The summed E-state index contributed by atoms with van der Waals surface area (Å²) in [5.74, 6) is 0.0797. The van der Waals surface area contributed by atoms with E-state index < -0.39 is 6.10 Å². The minimum Gasteiger partial charge on any atom is -0.369 e. The fourth-order valence-electron chi connectivity index (χ4n) is 5.95. The molecule has 2 aromatic carbocycles. The largest absolute Gasteiger partial charge is 0.369 e. The molecule has 1 saturated carbocycles. The number of amides is 1. The molecule has 3 fully saturated rings. The molecule has 2 heterocycles. The van der Waals surface area contributed by atoms with E-state index in [1.54, 1.807) is 0 Å². The van der Waals surface area contributed by atoms with Crippen LogP contribution in [0.2, 0.25) is 0 Å². The molecule has 0 aromatic heterocycles. The van der Waals surface area contributed by atoms with Crippen molar-refractivity contribution in [2.75, 3.05) is 56.2 Å². The zero-order valence-electron chi connectivity index (χ0n) is 20.8. The summed E-state index contributed by atoms with van der Waals surface area (Å²) >= 11 is 0. The first kappa shape index (κ1) is 23.4. The molecule has 5 nitrogen and oxygen atoms in total. The van der Waals surface area contributed by atoms with Crippen molar-refractivity contribution < 1.29 is 9.53 Å². The Bertz CT molecular complexity index is 975. The molecule has 1 aliphatic carbocycles. The topological polar surface area (TPSA) is 36.0 Å². The fraction of sp³-hybridized carbons (Fsp3) is 0.552. The summed E-state index contributed by atoms with van der Waals surface area (Å²) in [5, 5.41) is 0. The lowest BCUT2D eigenvalue weighted by Crippen LogP contribution is -2.49. The van der Waals surface area contributed by atoms with Gasteiger partial charge in [0.1, 0.15) is 6.10 Å². The third-order valence-corrected chi connectivity index (χ3v) is 8.25. The van der Waals surface area contributed by atoms with Crippen LogP contribution < -0.4 is 9.80 Å². The Kier molecular flexibility index (Phi) is 6.94. The lowest BCUT2D eigenvalue weighted by atomic mass is 9.71. The van der Waals surface area contributed by atoms with Crippen LogP contribution in [0.3, 0.4) is 0 Å². The Labute approximate surface area is 204 Å². The summed E-state index contributed by atoms with van der Waals surface area (Å²) in [4.78, 5) is 20.2. The quantitative estimate of drug-likeness (QED) is 0.650. The zero-order valence-corrected chi connectivity index (χ0v) is 20.8. The third-order valence-electron chi connectivity index (χ3n) is 8.25. The Balaban J connectivity index is 1.29. The van der Waals surface area contributed by atoms with E-state index in [2.05, 4.69) is 72.3 Å². The van der Waals surface area contributed by atoms with Crippen LogP contribution in [0.15, 0.2) is 48.5 Å². The van der Waals surface area contributed by atoms with Crippen LogP contribution in [0.1, 0.15) is 50.2 Å². The SMILES string of the molecule is CN1CCN(c2ccccc2CC2OCCN(c3ccc(C4(C)CCCCC4)cc3)C2=O)CC1. The summed E-state index contributed by atoms with van der Waals surface area (Å²) in [7, 11) is 2.17. The minimum atomic E-state index is -0.432. The van der Waals surface area contributed by atoms with Crippen LogP contribution >= 0.6 is 0 Å². The molecule has 2 aliphatic heterocycles. The molecule has 2 aromatic rings. The third kappa shape index (κ3) is 4.87. The van der Waals surface area contributed by atoms with Crippen LogP contribution in [-0.4, -0.2) is 63.3 Å². The van der Waals surface area contributed by atoms with Gasteiger partial charge >= 0.3 is 0 Å². The van der Waals surface area contributed by atoms with Gasteiger partial charge in [-0.15, -0.1) is 0 Å². The van der Waals surface area contributed by atoms with Crippen molar-refractivity contribution in [3.63, 3.8) is 0 Å². The van der Waals surface area contributed by atoms with Gasteiger partial charge in [0.25, 0.3) is 5.91 Å². The van der Waals surface area contributed by atoms with Crippen LogP contribution in [0.25, 0.3) is 0 Å². The zero-order chi connectivity index (χ0) is 23.5. The molecule has 3 aliphatic rings. The highest BCUT2D eigenvalue weighted by molar-refractivity contribution is 5.97. The van der Waals surface area contributed by atoms with E-state index in [1.807, 2.05) is 4.90 Å². The maximum absolute atomic E-state index is 13.5. The number of anilines is 2. The Morgan fingerprint density at radius 3 is 2.35 bits per heavy atom. The summed E-state index contributed by atoms with van der Waals surface area (Å²) in [5.41, 5.74) is 5.13. The molecule has 1 atom stereocenters. The number of benzene rings is 2. The van der Waals surface area contributed by atoms with Crippen molar-refractivity contribution in [1.29, 1.82) is 0 Å². The second kappa shape index (κ2) is 10.1. The predicted octanol–water partition coefficient (Wildman–Crippen LogP) is 4.63. The number of carbonyl (C=O) groups is 1. The molecule has 0 spiro atoms. The van der Waals surface area contributed by atoms with Crippen molar-refractivity contribution in [1.82, 2.24) is 4.90 Å². The molecule has 0 radical (unpaired) electrons. The second-order valence-corrected chi connectivity index (χ2v) is 10.6. The Morgan fingerprint density at radius 1 is 0.912 bits per heavy atom. The lowest BCUT2D eigenvalue weighted by Gasteiger charge is -2.37. The van der Waals surface area contributed by atoms with E-state index in [9.17, 15) is 4.79 Å². The molecular formula is C29H39N3O2. The van der Waals surface area contributed by atoms with Crippen molar-refractivity contribution in [3.05, 3.63) is 59.7 Å². The van der Waals surface area contributed by atoms with Crippen molar-refractivity contribution in [3.8, 4) is 0 Å². The standard InChI is InChI=1S/C29H39N3O2/c1-29(14-6-3-7-15-29)24-10-12-25(13-11-24)32-20-21-34-27(28(32)33)22-23-8-4-5-9-26(23)31-18-16-30(2)17-19-31/h4-5,8-13,27H,3,6-7,14-22H2,1-2H3.